The molecular weight excluding hydrogens is 1930 g/mol. The summed E-state index contributed by atoms with van der Waals surface area (Å²) in [6.45, 7) is 9.43. The molecule has 0 saturated heterocycles. The van der Waals surface area contributed by atoms with Crippen molar-refractivity contribution in [2.45, 2.75) is 149 Å². The Bertz CT molecular complexity index is 5170. The molecule has 0 spiro atoms. The molecule has 816 valence electrons. The van der Waals surface area contributed by atoms with E-state index in [4.69, 9.17) is 109 Å². The molecule has 1 N–H and O–H groups in total. The van der Waals surface area contributed by atoms with Crippen LogP contribution in [-0.4, -0.2) is 267 Å². The smallest absolute Gasteiger partial charge is 0.338 e. The highest BCUT2D eigenvalue weighted by Crippen LogP contribution is 2.23. The van der Waals surface area contributed by atoms with Gasteiger partial charge >= 0.3 is 59.7 Å². The zero-order chi connectivity index (χ0) is 110. The van der Waals surface area contributed by atoms with E-state index < -0.39 is 11.9 Å². The predicted octanol–water partition coefficient (Wildman–Crippen LogP) is 16.6. The quantitative estimate of drug-likeness (QED) is 0.0160. The van der Waals surface area contributed by atoms with E-state index in [9.17, 15) is 52.7 Å². The molecule has 1 atom stereocenters. The minimum absolute atomic E-state index is 0.136. The fourth-order valence-electron chi connectivity index (χ4n) is 12.3. The first-order valence-corrected chi connectivity index (χ1v) is 48.4. The van der Waals surface area contributed by atoms with Crippen LogP contribution in [0.1, 0.15) is 140 Å². The number of nitrogens with zero attached hydrogens (tertiary/aromatic N) is 1. The summed E-state index contributed by atoms with van der Waals surface area (Å²) < 4.78 is 110. The lowest BCUT2D eigenvalue weighted by Gasteiger charge is -2.12. The second kappa shape index (κ2) is 82.4. The molecule has 0 fully saturated rings. The number of benzene rings is 9. The maximum atomic E-state index is 11.9. The highest BCUT2D eigenvalue weighted by Gasteiger charge is 2.17. The van der Waals surface area contributed by atoms with E-state index >= 15 is 0 Å². The second-order valence-electron chi connectivity index (χ2n) is 32.6. The fraction of sp³-hybridized carbons (Fsp3) is 0.430. The van der Waals surface area contributed by atoms with Crippen molar-refractivity contribution >= 4 is 65.6 Å². The van der Waals surface area contributed by atoms with Gasteiger partial charge in [-0.05, 0) is 226 Å². The van der Waals surface area contributed by atoms with E-state index in [0.717, 1.165) is 110 Å². The number of carboxylic acids is 1. The normalized spacial score (nSPS) is 10.3. The van der Waals surface area contributed by atoms with Gasteiger partial charge in [0.05, 0.1) is 153 Å². The van der Waals surface area contributed by atoms with Crippen molar-refractivity contribution in [3.8, 4) is 51.7 Å². The van der Waals surface area contributed by atoms with Crippen molar-refractivity contribution in [1.82, 2.24) is 4.90 Å². The molecule has 9 aromatic carbocycles. The van der Waals surface area contributed by atoms with Crippen LogP contribution in [0.4, 0.5) is 0 Å². The Morgan fingerprint density at radius 3 is 0.966 bits per heavy atom. The summed E-state index contributed by atoms with van der Waals surface area (Å²) in [6.07, 6.45) is 8.30. The number of ether oxygens (including phenoxy) is 22. The van der Waals surface area contributed by atoms with E-state index in [1.54, 1.807) is 169 Å². The number of unbranched alkanes of at least 4 members (excludes halogenated alkanes) is 4. The van der Waals surface area contributed by atoms with Crippen LogP contribution in [0.3, 0.4) is 0 Å². The first-order chi connectivity index (χ1) is 71.8. The van der Waals surface area contributed by atoms with E-state index in [1.165, 1.54) is 0 Å². The summed E-state index contributed by atoms with van der Waals surface area (Å²) >= 11 is 0. The summed E-state index contributed by atoms with van der Waals surface area (Å²) in [5.74, 6) is 3.40. The Balaban J connectivity index is 0.000000578. The highest BCUT2D eigenvalue weighted by molar-refractivity contribution is 5.90. The van der Waals surface area contributed by atoms with E-state index in [-0.39, 0.29) is 124 Å². The number of carbonyl (C=O) groups is 11. The molecular formula is C114H151NO34. The van der Waals surface area contributed by atoms with Gasteiger partial charge in [-0.15, -0.1) is 0 Å². The molecule has 35 nitrogen and oxygen atoms in total. The van der Waals surface area contributed by atoms with Crippen LogP contribution in [-0.2, 0) is 161 Å². The van der Waals surface area contributed by atoms with Crippen LogP contribution < -0.4 is 42.6 Å². The van der Waals surface area contributed by atoms with Crippen molar-refractivity contribution in [3.63, 3.8) is 0 Å². The van der Waals surface area contributed by atoms with Gasteiger partial charge in [-0.3, -0.25) is 47.9 Å². The molecule has 35 heteroatoms. The Morgan fingerprint density at radius 1 is 0.275 bits per heavy atom. The number of rotatable bonds is 56. The maximum Gasteiger partial charge on any atom is 0.338 e. The fourth-order valence-corrected chi connectivity index (χ4v) is 12.3. The molecule has 0 aliphatic heterocycles. The van der Waals surface area contributed by atoms with Crippen LogP contribution >= 0.6 is 0 Å². The zero-order valence-corrected chi connectivity index (χ0v) is 89.3. The molecule has 1 unspecified atom stereocenters. The Kier molecular flexibility index (Phi) is 72.1. The number of carboxylic acid groups (broad SMARTS) is 1. The SMILES string of the molecule is COCC(C)OC(=O)Cc1ccc(OC)cc1.COCCOC(=O)CCc1ccc(OC)cc1.COCCOC(=O)Cc1ccc(OC)cc1.COCCOC(=O)Cc1cccc(OC)c1.COCCOC(=O)Cc1ccccc1OC.COc1ccc(CC(=O)OCCCCCC(=O)N(C)C)cc1.COc1ccc(CC(=O)OCCCCCC(=O)O)cc1.COc1ccc(CCC(=O)Oc2ccc(C(=O)OC(C)C)cc2)cc1. The van der Waals surface area contributed by atoms with Crippen LogP contribution in [0.2, 0.25) is 0 Å². The number of hydrogen-bond donors (Lipinski definition) is 1. The highest BCUT2D eigenvalue weighted by atomic mass is 16.6. The van der Waals surface area contributed by atoms with E-state index in [0.29, 0.717) is 122 Å². The molecule has 9 aromatic rings. The van der Waals surface area contributed by atoms with Crippen molar-refractivity contribution in [3.05, 3.63) is 268 Å². The van der Waals surface area contributed by atoms with Gasteiger partial charge in [-0.25, -0.2) is 4.79 Å². The largest absolute Gasteiger partial charge is 0.497 e. The number of aryl methyl sites for hydroxylation is 2. The van der Waals surface area contributed by atoms with Gasteiger partial charge in [-0.2, -0.15) is 0 Å². The number of carbonyl (C=O) groups excluding carboxylic acids is 10. The molecule has 0 radical (unpaired) electrons. The van der Waals surface area contributed by atoms with Crippen molar-refractivity contribution in [2.24, 2.45) is 0 Å². The summed E-state index contributed by atoms with van der Waals surface area (Å²) in [7, 11) is 24.2. The molecule has 1 amide bonds. The van der Waals surface area contributed by atoms with Crippen LogP contribution in [0, 0.1) is 0 Å². The number of amides is 1. The summed E-state index contributed by atoms with van der Waals surface area (Å²) in [4.78, 5) is 127. The standard InChI is InChI=1S/C20H22O5.C17H25NO4.C15H20O5.2C13H18O4.3C12H16O4/c1-14(2)24-20(22)16-7-11-18(12-8-16)25-19(21)13-6-15-4-9-17(23-3)10-5-15;1-18(2)16(19)7-5-4-6-12-22-17(20)13-14-8-10-15(21-3)11-9-14;1-19-13-8-6-12(7-9-13)11-15(18)20-10-4-2-3-5-14(16)17;1-10(9-15-2)17-13(14)8-11-4-6-12(16-3)7-5-11;1-15-9-10-17-13(14)8-5-11-3-6-12(16-2)7-4-11;1-14-7-8-16-12(13)9-10-3-5-11(15-2)6-4-10;1-14-6-7-16-12(13)9-10-4-3-5-11(8-10)15-2;1-14-7-8-16-12(13)9-10-5-3-4-6-11(10)15-2/h4-5,7-12,14H,6,13H2,1-3H3;8-11H,4-7,12-13H2,1-3H3;6-9H,2-5,10-11H2,1H3,(H,16,17);4-7,10H,8-9H2,1-3H3;3-4,6-7H,5,8-10H2,1-2H3;3-6H,7-9H2,1-2H3;3-5,8H,6-7,9H2,1-2H3;3-6H,7-9H2,1-2H3. The third-order valence-corrected chi connectivity index (χ3v) is 20.3. The third-order valence-electron chi connectivity index (χ3n) is 20.3. The minimum atomic E-state index is -0.790. The zero-order valence-electron chi connectivity index (χ0n) is 89.3. The number of aliphatic carboxylic acids is 1. The number of para-hydroxylation sites is 1. The Labute approximate surface area is 876 Å². The average Bonchev–Trinajstić information content (AvgIpc) is 0.871. The molecule has 0 aliphatic carbocycles. The molecule has 0 aliphatic rings. The lowest BCUT2D eigenvalue weighted by molar-refractivity contribution is -0.150. The minimum Gasteiger partial charge on any atom is -0.497 e. The molecule has 0 bridgehead atoms. The van der Waals surface area contributed by atoms with Crippen LogP contribution in [0.5, 0.6) is 51.7 Å². The van der Waals surface area contributed by atoms with Gasteiger partial charge < -0.3 is 114 Å². The third kappa shape index (κ3) is 65.5. The van der Waals surface area contributed by atoms with Crippen molar-refractivity contribution < 1.29 is 162 Å². The van der Waals surface area contributed by atoms with Gasteiger partial charge in [0.15, 0.2) is 0 Å². The average molecular weight is 2080 g/mol. The van der Waals surface area contributed by atoms with Gasteiger partial charge in [0.2, 0.25) is 5.91 Å². The Morgan fingerprint density at radius 2 is 0.611 bits per heavy atom. The second-order valence-corrected chi connectivity index (χ2v) is 32.6. The van der Waals surface area contributed by atoms with Crippen molar-refractivity contribution in [2.75, 3.05) is 179 Å². The number of hydrogen-bond acceptors (Lipinski definition) is 33. The molecule has 9 rings (SSSR count). The molecule has 149 heavy (non-hydrogen) atoms. The van der Waals surface area contributed by atoms with Crippen LogP contribution in [0.25, 0.3) is 0 Å². The van der Waals surface area contributed by atoms with Gasteiger partial charge in [-0.1, -0.05) is 103 Å². The summed E-state index contributed by atoms with van der Waals surface area (Å²) in [5, 5.41) is 8.47. The summed E-state index contributed by atoms with van der Waals surface area (Å²) in [5.41, 5.74) is 7.84. The van der Waals surface area contributed by atoms with Crippen LogP contribution in [0.15, 0.2) is 218 Å². The molecule has 0 heterocycles. The topological polar surface area (TPSA) is 414 Å². The molecule has 0 saturated carbocycles. The van der Waals surface area contributed by atoms with Gasteiger partial charge in [0, 0.05) is 80.9 Å². The summed E-state index contributed by atoms with van der Waals surface area (Å²) in [6, 6.07) is 65.5. The molecule has 0 aromatic heterocycles. The monoisotopic (exact) mass is 2080 g/mol. The van der Waals surface area contributed by atoms with Gasteiger partial charge in [0.1, 0.15) is 84.3 Å². The predicted molar refractivity (Wildman–Crippen MR) is 559 cm³/mol. The lowest BCUT2D eigenvalue weighted by atomic mass is 10.1. The first-order valence-electron chi connectivity index (χ1n) is 48.4. The first kappa shape index (κ1) is 130. The number of methoxy groups -OCH3 is 13. The van der Waals surface area contributed by atoms with Crippen molar-refractivity contribution in [1.29, 1.82) is 0 Å². The lowest BCUT2D eigenvalue weighted by Crippen LogP contribution is -2.21. The number of esters is 9. The maximum absolute atomic E-state index is 11.9. The Hall–Kier alpha value is -14.7. The van der Waals surface area contributed by atoms with Gasteiger partial charge in [0.25, 0.3) is 0 Å². The van der Waals surface area contributed by atoms with E-state index in [1.807, 2.05) is 182 Å². The van der Waals surface area contributed by atoms with E-state index in [2.05, 4.69) is 0 Å².